The van der Waals surface area contributed by atoms with Crippen molar-refractivity contribution in [1.82, 2.24) is 5.39 Å². The maximum Gasteiger partial charge on any atom is 0.508 e. The van der Waals surface area contributed by atoms with Crippen LogP contribution in [0.3, 0.4) is 0 Å². The number of hydrogen-bond acceptors (Lipinski definition) is 8. The number of carbonyl (C=O) groups excluding carboxylic acids is 1. The standard InChI is InChI=1S/C11H23NO7/c1-5-11(3,4)18-10(13)17-7-6-16-8-9(2)19-12(14)15/h9,14-15H,5-8H2,1-4H3/t9-/m0/s1. The summed E-state index contributed by atoms with van der Waals surface area (Å²) in [5, 5.41) is 16.3. The Kier molecular flexibility index (Phi) is 8.61. The molecule has 0 aliphatic heterocycles. The van der Waals surface area contributed by atoms with E-state index in [0.717, 1.165) is 0 Å². The van der Waals surface area contributed by atoms with Crippen molar-refractivity contribution in [3.63, 3.8) is 0 Å². The minimum absolute atomic E-state index is 0.0489. The van der Waals surface area contributed by atoms with Crippen molar-refractivity contribution in [2.75, 3.05) is 19.8 Å². The van der Waals surface area contributed by atoms with Crippen LogP contribution in [0.2, 0.25) is 0 Å². The van der Waals surface area contributed by atoms with E-state index in [9.17, 15) is 4.79 Å². The van der Waals surface area contributed by atoms with Gasteiger partial charge in [-0.2, -0.15) is 0 Å². The average molecular weight is 281 g/mol. The van der Waals surface area contributed by atoms with Crippen LogP contribution in [0.15, 0.2) is 0 Å². The normalized spacial score (nSPS) is 13.4. The summed E-state index contributed by atoms with van der Waals surface area (Å²) in [6.45, 7) is 7.40. The lowest BCUT2D eigenvalue weighted by atomic mass is 10.1. The number of carbonyl (C=O) groups is 1. The van der Waals surface area contributed by atoms with E-state index in [1.54, 1.807) is 20.8 Å². The fourth-order valence-corrected chi connectivity index (χ4v) is 0.952. The Morgan fingerprint density at radius 1 is 1.32 bits per heavy atom. The Hall–Kier alpha value is -0.930. The molecule has 0 aromatic heterocycles. The maximum absolute atomic E-state index is 11.3. The number of rotatable bonds is 9. The Labute approximate surface area is 112 Å². The van der Waals surface area contributed by atoms with Gasteiger partial charge in [-0.05, 0) is 27.2 Å². The van der Waals surface area contributed by atoms with Crippen molar-refractivity contribution < 1.29 is 34.3 Å². The highest BCUT2D eigenvalue weighted by Crippen LogP contribution is 2.14. The van der Waals surface area contributed by atoms with E-state index < -0.39 is 17.9 Å². The molecule has 0 bridgehead atoms. The van der Waals surface area contributed by atoms with E-state index in [0.29, 0.717) is 6.42 Å². The molecule has 0 aliphatic carbocycles. The highest BCUT2D eigenvalue weighted by Gasteiger charge is 2.21. The van der Waals surface area contributed by atoms with E-state index in [1.807, 2.05) is 6.92 Å². The van der Waals surface area contributed by atoms with Gasteiger partial charge in [0.1, 0.15) is 18.3 Å². The minimum Gasteiger partial charge on any atom is -0.432 e. The maximum atomic E-state index is 11.3. The lowest BCUT2D eigenvalue weighted by molar-refractivity contribution is -0.504. The molecule has 0 aromatic carbocycles. The van der Waals surface area contributed by atoms with Crippen molar-refractivity contribution >= 4 is 6.16 Å². The summed E-state index contributed by atoms with van der Waals surface area (Å²) in [7, 11) is 0. The Morgan fingerprint density at radius 3 is 2.47 bits per heavy atom. The molecule has 0 rings (SSSR count). The molecule has 8 heteroatoms. The quantitative estimate of drug-likeness (QED) is 0.375. The summed E-state index contributed by atoms with van der Waals surface area (Å²) in [5.41, 5.74) is -0.550. The molecule has 0 aromatic rings. The second-order valence-corrected chi connectivity index (χ2v) is 4.56. The average Bonchev–Trinajstić information content (AvgIpc) is 2.27. The van der Waals surface area contributed by atoms with Crippen molar-refractivity contribution in [3.8, 4) is 0 Å². The lowest BCUT2D eigenvalue weighted by Gasteiger charge is -2.22. The Balaban J connectivity index is 3.57. The van der Waals surface area contributed by atoms with E-state index >= 15 is 0 Å². The molecule has 0 saturated heterocycles. The third kappa shape index (κ3) is 10.7. The first-order chi connectivity index (χ1) is 8.76. The summed E-state index contributed by atoms with van der Waals surface area (Å²) in [6, 6.07) is 0. The molecule has 0 spiro atoms. The molecular formula is C11H23NO7. The molecule has 19 heavy (non-hydrogen) atoms. The molecular weight excluding hydrogens is 258 g/mol. The molecule has 0 fully saturated rings. The van der Waals surface area contributed by atoms with Crippen molar-refractivity contribution in [2.45, 2.75) is 45.8 Å². The van der Waals surface area contributed by atoms with Crippen LogP contribution in [0.4, 0.5) is 4.79 Å². The summed E-state index contributed by atoms with van der Waals surface area (Å²) >= 11 is 0. The van der Waals surface area contributed by atoms with Crippen molar-refractivity contribution in [3.05, 3.63) is 0 Å². The fourth-order valence-electron chi connectivity index (χ4n) is 0.952. The summed E-state index contributed by atoms with van der Waals surface area (Å²) in [5.74, 6) is 0. The van der Waals surface area contributed by atoms with Crippen molar-refractivity contribution in [1.29, 1.82) is 0 Å². The van der Waals surface area contributed by atoms with E-state index in [4.69, 9.17) is 24.6 Å². The van der Waals surface area contributed by atoms with Gasteiger partial charge in [0.05, 0.1) is 18.6 Å². The van der Waals surface area contributed by atoms with Gasteiger partial charge >= 0.3 is 6.16 Å². The van der Waals surface area contributed by atoms with Crippen LogP contribution < -0.4 is 0 Å². The Morgan fingerprint density at radius 2 is 1.95 bits per heavy atom. The molecule has 2 N–H and O–H groups in total. The zero-order valence-corrected chi connectivity index (χ0v) is 11.8. The zero-order chi connectivity index (χ0) is 14.9. The Bertz CT molecular complexity index is 257. The highest BCUT2D eigenvalue weighted by molar-refractivity contribution is 5.60. The first-order valence-electron chi connectivity index (χ1n) is 6.05. The van der Waals surface area contributed by atoms with Crippen LogP contribution in [-0.2, 0) is 19.0 Å². The van der Waals surface area contributed by atoms with Crippen LogP contribution in [-0.4, -0.2) is 53.5 Å². The first-order valence-corrected chi connectivity index (χ1v) is 6.05. The summed E-state index contributed by atoms with van der Waals surface area (Å²) in [4.78, 5) is 15.7. The van der Waals surface area contributed by atoms with Gasteiger partial charge in [-0.25, -0.2) is 9.63 Å². The molecule has 0 amide bonds. The number of hydrogen-bond donors (Lipinski definition) is 2. The second-order valence-electron chi connectivity index (χ2n) is 4.56. The smallest absolute Gasteiger partial charge is 0.432 e. The van der Waals surface area contributed by atoms with Gasteiger partial charge in [-0.1, -0.05) is 6.92 Å². The molecule has 114 valence electrons. The molecule has 8 nitrogen and oxygen atoms in total. The third-order valence-electron chi connectivity index (χ3n) is 2.29. The SMILES string of the molecule is CCC(C)(C)OC(=O)OCCOC[C@H](C)ON(O)O. The van der Waals surface area contributed by atoms with Crippen LogP contribution in [0.1, 0.15) is 34.1 Å². The molecule has 0 radical (unpaired) electrons. The molecule has 1 atom stereocenters. The summed E-state index contributed by atoms with van der Waals surface area (Å²) < 4.78 is 15.0. The van der Waals surface area contributed by atoms with E-state index in [-0.39, 0.29) is 25.2 Å². The van der Waals surface area contributed by atoms with Crippen LogP contribution in [0.5, 0.6) is 0 Å². The van der Waals surface area contributed by atoms with E-state index in [1.165, 1.54) is 0 Å². The number of ether oxygens (including phenoxy) is 3. The van der Waals surface area contributed by atoms with Gasteiger partial charge in [0.2, 0.25) is 0 Å². The largest absolute Gasteiger partial charge is 0.508 e. The summed E-state index contributed by atoms with van der Waals surface area (Å²) in [6.07, 6.45) is -0.593. The van der Waals surface area contributed by atoms with Crippen LogP contribution >= 0.6 is 0 Å². The van der Waals surface area contributed by atoms with Gasteiger partial charge in [0.25, 0.3) is 0 Å². The topological polar surface area (TPSA) is 97.7 Å². The molecule has 0 unspecified atom stereocenters. The third-order valence-corrected chi connectivity index (χ3v) is 2.29. The second kappa shape index (κ2) is 9.05. The van der Waals surface area contributed by atoms with Gasteiger partial charge in [0.15, 0.2) is 0 Å². The monoisotopic (exact) mass is 281 g/mol. The zero-order valence-electron chi connectivity index (χ0n) is 11.8. The fraction of sp³-hybridized carbons (Fsp3) is 0.909. The van der Waals surface area contributed by atoms with Crippen LogP contribution in [0, 0.1) is 0 Å². The molecule has 0 saturated carbocycles. The van der Waals surface area contributed by atoms with Crippen LogP contribution in [0.25, 0.3) is 0 Å². The predicted octanol–water partition coefficient (Wildman–Crippen LogP) is 1.75. The number of nitrogens with zero attached hydrogens (tertiary/aromatic N) is 1. The van der Waals surface area contributed by atoms with Gasteiger partial charge in [-0.15, -0.1) is 0 Å². The van der Waals surface area contributed by atoms with Gasteiger partial charge < -0.3 is 14.2 Å². The van der Waals surface area contributed by atoms with E-state index in [2.05, 4.69) is 4.84 Å². The lowest BCUT2D eigenvalue weighted by Crippen LogP contribution is -2.28. The molecule has 0 heterocycles. The van der Waals surface area contributed by atoms with Gasteiger partial charge in [-0.3, -0.25) is 10.4 Å². The van der Waals surface area contributed by atoms with Gasteiger partial charge in [0, 0.05) is 0 Å². The predicted molar refractivity (Wildman–Crippen MR) is 63.6 cm³/mol. The minimum atomic E-state index is -0.739. The van der Waals surface area contributed by atoms with Crippen molar-refractivity contribution in [2.24, 2.45) is 0 Å². The first kappa shape index (κ1) is 18.1. The molecule has 0 aliphatic rings. The highest BCUT2D eigenvalue weighted by atomic mass is 17.1.